The topological polar surface area (TPSA) is 93.3 Å². The van der Waals surface area contributed by atoms with Gasteiger partial charge in [-0.15, -0.1) is 0 Å². The maximum absolute atomic E-state index is 13.4. The molecule has 0 spiro atoms. The quantitative estimate of drug-likeness (QED) is 0.278. The molecule has 0 unspecified atom stereocenters. The van der Waals surface area contributed by atoms with Gasteiger partial charge in [0.15, 0.2) is 0 Å². The number of nitrogens with zero attached hydrogens (tertiary/aromatic N) is 3. The molecule has 0 aliphatic heterocycles. The van der Waals surface area contributed by atoms with Gasteiger partial charge in [-0.25, -0.2) is 4.68 Å². The van der Waals surface area contributed by atoms with Crippen molar-refractivity contribution in [1.29, 1.82) is 0 Å². The zero-order valence-electron chi connectivity index (χ0n) is 17.1. The van der Waals surface area contributed by atoms with Crippen molar-refractivity contribution in [3.63, 3.8) is 0 Å². The average molecular weight is 412 g/mol. The molecule has 1 heterocycles. The Morgan fingerprint density at radius 2 is 1.61 bits per heavy atom. The van der Waals surface area contributed by atoms with Crippen LogP contribution in [0.1, 0.15) is 18.1 Å². The Balaban J connectivity index is 1.88. The van der Waals surface area contributed by atoms with Crippen LogP contribution in [0, 0.1) is 17.0 Å². The largest absolute Gasteiger partial charge is 0.290 e. The molecule has 0 atom stereocenters. The summed E-state index contributed by atoms with van der Waals surface area (Å²) in [6.07, 6.45) is 0. The normalized spacial score (nSPS) is 11.5. The first-order chi connectivity index (χ1) is 14.9. The van der Waals surface area contributed by atoms with E-state index in [1.165, 1.54) is 16.8 Å². The number of benzene rings is 3. The number of aromatic amines is 1. The fourth-order valence-corrected chi connectivity index (χ4v) is 3.36. The van der Waals surface area contributed by atoms with Crippen LogP contribution in [-0.2, 0) is 0 Å². The van der Waals surface area contributed by atoms with Crippen molar-refractivity contribution in [2.45, 2.75) is 13.8 Å². The number of nitrogens with one attached hydrogen (secondary N) is 1. The molecule has 0 amide bonds. The smallest absolute Gasteiger partial charge is 0.280 e. The monoisotopic (exact) mass is 412 g/mol. The standard InChI is InChI=1S/C24H20N4O3/c1-16-8-10-19(11-9-16)25-17(2)22-23(18-6-4-3-5-7-18)26-27(24(22)29)20-12-14-21(15-13-20)28(30)31/h3-15,26H,1-2H3. The first-order valence-electron chi connectivity index (χ1n) is 9.71. The predicted molar refractivity (Wildman–Crippen MR) is 122 cm³/mol. The number of aromatic nitrogens is 2. The van der Waals surface area contributed by atoms with E-state index in [-0.39, 0.29) is 11.2 Å². The van der Waals surface area contributed by atoms with Crippen molar-refractivity contribution in [2.75, 3.05) is 0 Å². The number of aryl methyl sites for hydroxylation is 1. The van der Waals surface area contributed by atoms with Gasteiger partial charge in [0.05, 0.1) is 33.3 Å². The van der Waals surface area contributed by atoms with Gasteiger partial charge in [0.2, 0.25) is 0 Å². The fourth-order valence-electron chi connectivity index (χ4n) is 3.36. The number of nitro groups is 1. The zero-order chi connectivity index (χ0) is 22.0. The molecule has 7 heteroatoms. The van der Waals surface area contributed by atoms with Crippen molar-refractivity contribution in [1.82, 2.24) is 9.78 Å². The van der Waals surface area contributed by atoms with E-state index in [4.69, 9.17) is 0 Å². The van der Waals surface area contributed by atoms with Crippen LogP contribution >= 0.6 is 0 Å². The van der Waals surface area contributed by atoms with Gasteiger partial charge in [-0.05, 0) is 38.1 Å². The molecule has 0 saturated carbocycles. The van der Waals surface area contributed by atoms with Crippen LogP contribution in [0.25, 0.3) is 16.9 Å². The van der Waals surface area contributed by atoms with E-state index < -0.39 is 4.92 Å². The Bertz CT molecular complexity index is 1320. The molecule has 0 radical (unpaired) electrons. The number of rotatable bonds is 5. The van der Waals surface area contributed by atoms with E-state index in [0.717, 1.165) is 16.8 Å². The van der Waals surface area contributed by atoms with Crippen molar-refractivity contribution in [3.8, 4) is 16.9 Å². The van der Waals surface area contributed by atoms with Gasteiger partial charge < -0.3 is 0 Å². The molecule has 7 nitrogen and oxygen atoms in total. The van der Waals surface area contributed by atoms with Gasteiger partial charge >= 0.3 is 0 Å². The number of aliphatic imine (C=N–C) groups is 1. The van der Waals surface area contributed by atoms with Crippen LogP contribution in [0.3, 0.4) is 0 Å². The third kappa shape index (κ3) is 4.06. The van der Waals surface area contributed by atoms with Crippen molar-refractivity contribution >= 4 is 17.1 Å². The molecule has 1 N–H and O–H groups in total. The molecule has 31 heavy (non-hydrogen) atoms. The highest BCUT2D eigenvalue weighted by Gasteiger charge is 2.19. The van der Waals surface area contributed by atoms with Crippen molar-refractivity contribution in [3.05, 3.63) is 110 Å². The minimum absolute atomic E-state index is 0.0380. The lowest BCUT2D eigenvalue weighted by atomic mass is 10.1. The van der Waals surface area contributed by atoms with Gasteiger partial charge in [0.25, 0.3) is 11.2 Å². The van der Waals surface area contributed by atoms with Crippen LogP contribution in [0.2, 0.25) is 0 Å². The van der Waals surface area contributed by atoms with E-state index in [1.807, 2.05) is 61.5 Å². The summed E-state index contributed by atoms with van der Waals surface area (Å²) in [5.41, 5.74) is 4.57. The Hall–Kier alpha value is -4.26. The predicted octanol–water partition coefficient (Wildman–Crippen LogP) is 5.19. The second-order valence-corrected chi connectivity index (χ2v) is 7.17. The molecule has 3 aromatic carbocycles. The first-order valence-corrected chi connectivity index (χ1v) is 9.71. The van der Waals surface area contributed by atoms with E-state index in [9.17, 15) is 14.9 Å². The molecular weight excluding hydrogens is 392 g/mol. The third-order valence-corrected chi connectivity index (χ3v) is 4.96. The number of hydrogen-bond acceptors (Lipinski definition) is 4. The minimum Gasteiger partial charge on any atom is -0.290 e. The highest BCUT2D eigenvalue weighted by Crippen LogP contribution is 2.23. The maximum Gasteiger partial charge on any atom is 0.280 e. The zero-order valence-corrected chi connectivity index (χ0v) is 17.1. The van der Waals surface area contributed by atoms with Crippen molar-refractivity contribution < 1.29 is 4.92 Å². The van der Waals surface area contributed by atoms with Crippen LogP contribution < -0.4 is 5.56 Å². The molecule has 0 saturated heterocycles. The molecule has 1 aromatic heterocycles. The van der Waals surface area contributed by atoms with Crippen LogP contribution in [-0.4, -0.2) is 20.4 Å². The summed E-state index contributed by atoms with van der Waals surface area (Å²) in [6.45, 7) is 3.81. The Morgan fingerprint density at radius 1 is 0.968 bits per heavy atom. The van der Waals surface area contributed by atoms with Gasteiger partial charge in [0, 0.05) is 17.7 Å². The van der Waals surface area contributed by atoms with E-state index in [2.05, 4.69) is 10.1 Å². The van der Waals surface area contributed by atoms with Crippen molar-refractivity contribution in [2.24, 2.45) is 4.99 Å². The minimum atomic E-state index is -0.472. The van der Waals surface area contributed by atoms with Gasteiger partial charge in [-0.2, -0.15) is 0 Å². The molecule has 4 aromatic rings. The van der Waals surface area contributed by atoms with Crippen LogP contribution in [0.4, 0.5) is 11.4 Å². The van der Waals surface area contributed by atoms with Gasteiger partial charge in [-0.1, -0.05) is 48.0 Å². The van der Waals surface area contributed by atoms with E-state index >= 15 is 0 Å². The second kappa shape index (κ2) is 8.23. The molecule has 4 rings (SSSR count). The Labute approximate surface area is 178 Å². The Morgan fingerprint density at radius 3 is 2.23 bits per heavy atom. The second-order valence-electron chi connectivity index (χ2n) is 7.17. The SMILES string of the molecule is CC(=Nc1ccc(C)cc1)c1c(-c2ccccc2)[nH]n(-c2ccc([N+](=O)[O-])cc2)c1=O. The lowest BCUT2D eigenvalue weighted by Crippen LogP contribution is -2.19. The molecule has 154 valence electrons. The lowest BCUT2D eigenvalue weighted by molar-refractivity contribution is -0.384. The molecule has 0 fully saturated rings. The summed E-state index contributed by atoms with van der Waals surface area (Å²) in [6, 6.07) is 23.1. The van der Waals surface area contributed by atoms with Gasteiger partial charge in [0.1, 0.15) is 0 Å². The lowest BCUT2D eigenvalue weighted by Gasteiger charge is -2.03. The average Bonchev–Trinajstić information content (AvgIpc) is 3.13. The molecule has 0 bridgehead atoms. The summed E-state index contributed by atoms with van der Waals surface area (Å²) in [5, 5.41) is 14.1. The van der Waals surface area contributed by atoms with Crippen LogP contribution in [0.5, 0.6) is 0 Å². The summed E-state index contributed by atoms with van der Waals surface area (Å²) in [5.74, 6) is 0. The highest BCUT2D eigenvalue weighted by molar-refractivity contribution is 6.04. The number of H-pyrrole nitrogens is 1. The van der Waals surface area contributed by atoms with E-state index in [0.29, 0.717) is 22.7 Å². The number of nitro benzene ring substituents is 1. The number of hydrogen-bond donors (Lipinski definition) is 1. The fraction of sp³-hybridized carbons (Fsp3) is 0.0833. The first kappa shape index (κ1) is 20.0. The summed E-state index contributed by atoms with van der Waals surface area (Å²) in [7, 11) is 0. The third-order valence-electron chi connectivity index (χ3n) is 4.96. The summed E-state index contributed by atoms with van der Waals surface area (Å²) < 4.78 is 1.38. The number of non-ortho nitro benzene ring substituents is 1. The summed E-state index contributed by atoms with van der Waals surface area (Å²) in [4.78, 5) is 28.5. The molecule has 0 aliphatic rings. The van der Waals surface area contributed by atoms with E-state index in [1.54, 1.807) is 19.1 Å². The molecule has 0 aliphatic carbocycles. The summed E-state index contributed by atoms with van der Waals surface area (Å²) >= 11 is 0. The molecular formula is C24H20N4O3. The van der Waals surface area contributed by atoms with Crippen LogP contribution in [0.15, 0.2) is 88.6 Å². The van der Waals surface area contributed by atoms with Gasteiger partial charge in [-0.3, -0.25) is 25.0 Å². The highest BCUT2D eigenvalue weighted by atomic mass is 16.6. The Kier molecular flexibility index (Phi) is 5.32. The maximum atomic E-state index is 13.4.